The zero-order valence-electron chi connectivity index (χ0n) is 11.5. The zero-order chi connectivity index (χ0) is 14.5. The number of anilines is 1. The third kappa shape index (κ3) is 3.28. The van der Waals surface area contributed by atoms with Gasteiger partial charge in [0.2, 0.25) is 0 Å². The molecule has 1 heterocycles. The molecular weight excluding hydrogens is 265 g/mol. The monoisotopic (exact) mass is 281 g/mol. The smallest absolute Gasteiger partial charge is 0.123 e. The van der Waals surface area contributed by atoms with Crippen molar-refractivity contribution < 1.29 is 4.39 Å². The van der Waals surface area contributed by atoms with Gasteiger partial charge < -0.3 is 9.88 Å². The van der Waals surface area contributed by atoms with Gasteiger partial charge in [-0.15, -0.1) is 0 Å². The van der Waals surface area contributed by atoms with E-state index < -0.39 is 0 Å². The van der Waals surface area contributed by atoms with Gasteiger partial charge in [0.15, 0.2) is 0 Å². The molecule has 0 aliphatic carbocycles. The van der Waals surface area contributed by atoms with Crippen LogP contribution < -0.4 is 5.32 Å². The van der Waals surface area contributed by atoms with Crippen LogP contribution in [0.3, 0.4) is 0 Å². The topological polar surface area (TPSA) is 29.9 Å². The van der Waals surface area contributed by atoms with Gasteiger partial charge in [-0.2, -0.15) is 0 Å². The summed E-state index contributed by atoms with van der Waals surface area (Å²) >= 11 is 0. The Balaban J connectivity index is 1.74. The molecule has 0 bridgehead atoms. The van der Waals surface area contributed by atoms with Crippen LogP contribution in [0, 0.1) is 5.82 Å². The van der Waals surface area contributed by atoms with E-state index >= 15 is 0 Å². The van der Waals surface area contributed by atoms with E-state index in [-0.39, 0.29) is 5.82 Å². The van der Waals surface area contributed by atoms with Gasteiger partial charge in [-0.25, -0.2) is 9.37 Å². The molecule has 0 spiro atoms. The van der Waals surface area contributed by atoms with Gasteiger partial charge in [0.1, 0.15) is 5.82 Å². The largest absolute Gasteiger partial charge is 0.383 e. The van der Waals surface area contributed by atoms with Gasteiger partial charge in [-0.1, -0.05) is 30.3 Å². The quantitative estimate of drug-likeness (QED) is 0.771. The highest BCUT2D eigenvalue weighted by molar-refractivity contribution is 5.77. The minimum absolute atomic E-state index is 0.218. The van der Waals surface area contributed by atoms with Crippen molar-refractivity contribution in [1.29, 1.82) is 0 Å². The number of rotatable bonds is 5. The Morgan fingerprint density at radius 3 is 2.62 bits per heavy atom. The lowest BCUT2D eigenvalue weighted by molar-refractivity contribution is 0.628. The van der Waals surface area contributed by atoms with E-state index in [2.05, 4.69) is 10.3 Å². The normalized spacial score (nSPS) is 10.5. The fourth-order valence-corrected chi connectivity index (χ4v) is 2.26. The summed E-state index contributed by atoms with van der Waals surface area (Å²) in [7, 11) is 0. The van der Waals surface area contributed by atoms with Crippen molar-refractivity contribution in [2.45, 2.75) is 6.54 Å². The van der Waals surface area contributed by atoms with E-state index in [1.165, 1.54) is 12.1 Å². The van der Waals surface area contributed by atoms with Crippen LogP contribution >= 0.6 is 0 Å². The maximum absolute atomic E-state index is 13.0. The molecule has 0 fully saturated rings. The number of benzene rings is 2. The third-order valence-electron chi connectivity index (χ3n) is 3.33. The van der Waals surface area contributed by atoms with Crippen molar-refractivity contribution in [2.24, 2.45) is 0 Å². The molecule has 0 unspecified atom stereocenters. The van der Waals surface area contributed by atoms with Crippen LogP contribution in [0.5, 0.6) is 0 Å². The minimum atomic E-state index is -0.218. The van der Waals surface area contributed by atoms with Crippen LogP contribution in [0.1, 0.15) is 0 Å². The van der Waals surface area contributed by atoms with E-state index in [1.54, 1.807) is 24.7 Å². The molecule has 0 saturated carbocycles. The fourth-order valence-electron chi connectivity index (χ4n) is 2.26. The SMILES string of the molecule is Fc1ccc(-c2ccccc2NCCn2ccnc2)cc1. The summed E-state index contributed by atoms with van der Waals surface area (Å²) in [6.07, 6.45) is 5.51. The van der Waals surface area contributed by atoms with Crippen molar-refractivity contribution >= 4 is 5.69 Å². The Morgan fingerprint density at radius 2 is 1.86 bits per heavy atom. The average molecular weight is 281 g/mol. The van der Waals surface area contributed by atoms with Crippen LogP contribution in [0.15, 0.2) is 67.3 Å². The molecule has 0 saturated heterocycles. The predicted molar refractivity (Wildman–Crippen MR) is 82.6 cm³/mol. The highest BCUT2D eigenvalue weighted by atomic mass is 19.1. The third-order valence-corrected chi connectivity index (χ3v) is 3.33. The molecule has 0 aliphatic rings. The molecular formula is C17H16FN3. The molecule has 21 heavy (non-hydrogen) atoms. The average Bonchev–Trinajstić information content (AvgIpc) is 3.02. The number of hydrogen-bond acceptors (Lipinski definition) is 2. The number of halogens is 1. The number of nitrogens with zero attached hydrogens (tertiary/aromatic N) is 2. The number of para-hydroxylation sites is 1. The van der Waals surface area contributed by atoms with Crippen LogP contribution in [-0.2, 0) is 6.54 Å². The zero-order valence-corrected chi connectivity index (χ0v) is 11.5. The molecule has 2 aromatic carbocycles. The van der Waals surface area contributed by atoms with Crippen LogP contribution in [0.25, 0.3) is 11.1 Å². The summed E-state index contributed by atoms with van der Waals surface area (Å²) in [5, 5.41) is 3.42. The van der Waals surface area contributed by atoms with Crippen molar-refractivity contribution in [3.05, 3.63) is 73.1 Å². The second-order valence-electron chi connectivity index (χ2n) is 4.78. The minimum Gasteiger partial charge on any atom is -0.383 e. The van der Waals surface area contributed by atoms with Crippen LogP contribution in [0.4, 0.5) is 10.1 Å². The van der Waals surface area contributed by atoms with E-state index in [1.807, 2.05) is 35.0 Å². The maximum atomic E-state index is 13.0. The Bertz CT molecular complexity index is 690. The first-order valence-electron chi connectivity index (χ1n) is 6.87. The highest BCUT2D eigenvalue weighted by Gasteiger charge is 2.04. The molecule has 3 rings (SSSR count). The first kappa shape index (κ1) is 13.4. The Hall–Kier alpha value is -2.62. The maximum Gasteiger partial charge on any atom is 0.123 e. The molecule has 106 valence electrons. The second kappa shape index (κ2) is 6.22. The first-order valence-corrected chi connectivity index (χ1v) is 6.87. The molecule has 4 heteroatoms. The van der Waals surface area contributed by atoms with Crippen molar-refractivity contribution in [3.63, 3.8) is 0 Å². The number of nitrogens with one attached hydrogen (secondary N) is 1. The van der Waals surface area contributed by atoms with Gasteiger partial charge in [-0.05, 0) is 23.8 Å². The van der Waals surface area contributed by atoms with Crippen LogP contribution in [-0.4, -0.2) is 16.1 Å². The van der Waals surface area contributed by atoms with Gasteiger partial charge in [0.25, 0.3) is 0 Å². The van der Waals surface area contributed by atoms with E-state index in [0.717, 1.165) is 29.9 Å². The fraction of sp³-hybridized carbons (Fsp3) is 0.118. The second-order valence-corrected chi connectivity index (χ2v) is 4.78. The molecule has 0 amide bonds. The summed E-state index contributed by atoms with van der Waals surface area (Å²) in [6, 6.07) is 14.6. The summed E-state index contributed by atoms with van der Waals surface area (Å²) in [6.45, 7) is 1.65. The number of imidazole rings is 1. The summed E-state index contributed by atoms with van der Waals surface area (Å²) in [5.74, 6) is -0.218. The van der Waals surface area contributed by atoms with Crippen molar-refractivity contribution in [2.75, 3.05) is 11.9 Å². The van der Waals surface area contributed by atoms with E-state index in [4.69, 9.17) is 0 Å². The standard InChI is InChI=1S/C17H16FN3/c18-15-7-5-14(6-8-15)16-3-1-2-4-17(16)20-10-12-21-11-9-19-13-21/h1-9,11,13,20H,10,12H2. The Labute approximate surface area is 123 Å². The Kier molecular flexibility index (Phi) is 3.96. The molecule has 3 nitrogen and oxygen atoms in total. The lowest BCUT2D eigenvalue weighted by atomic mass is 10.0. The summed E-state index contributed by atoms with van der Waals surface area (Å²) in [4.78, 5) is 4.02. The van der Waals surface area contributed by atoms with Crippen molar-refractivity contribution in [3.8, 4) is 11.1 Å². The van der Waals surface area contributed by atoms with Crippen molar-refractivity contribution in [1.82, 2.24) is 9.55 Å². The highest BCUT2D eigenvalue weighted by Crippen LogP contribution is 2.27. The lowest BCUT2D eigenvalue weighted by Gasteiger charge is -2.12. The van der Waals surface area contributed by atoms with Crippen LogP contribution in [0.2, 0.25) is 0 Å². The molecule has 0 radical (unpaired) electrons. The molecule has 3 aromatic rings. The Morgan fingerprint density at radius 1 is 1.05 bits per heavy atom. The van der Waals surface area contributed by atoms with E-state index in [9.17, 15) is 4.39 Å². The molecule has 0 aliphatic heterocycles. The lowest BCUT2D eigenvalue weighted by Crippen LogP contribution is -2.09. The van der Waals surface area contributed by atoms with Gasteiger partial charge >= 0.3 is 0 Å². The summed E-state index contributed by atoms with van der Waals surface area (Å²) in [5.41, 5.74) is 3.12. The van der Waals surface area contributed by atoms with Gasteiger partial charge in [0, 0.05) is 36.7 Å². The molecule has 1 N–H and O–H groups in total. The van der Waals surface area contributed by atoms with E-state index in [0.29, 0.717) is 0 Å². The first-order chi connectivity index (χ1) is 10.3. The molecule has 0 atom stereocenters. The molecule has 1 aromatic heterocycles. The van der Waals surface area contributed by atoms with Gasteiger partial charge in [0.05, 0.1) is 6.33 Å². The predicted octanol–water partition coefficient (Wildman–Crippen LogP) is 3.80. The van der Waals surface area contributed by atoms with Gasteiger partial charge in [-0.3, -0.25) is 0 Å². The number of aromatic nitrogens is 2. The number of hydrogen-bond donors (Lipinski definition) is 1. The summed E-state index contributed by atoms with van der Waals surface area (Å²) < 4.78 is 15.1.